The first-order valence-corrected chi connectivity index (χ1v) is 2.79. The molecule has 5 nitrogen and oxygen atoms in total. The highest BCUT2D eigenvalue weighted by molar-refractivity contribution is 5.73. The van der Waals surface area contributed by atoms with E-state index in [2.05, 4.69) is 9.40 Å². The zero-order valence-electron chi connectivity index (χ0n) is 6.08. The molecule has 0 unspecified atom stereocenters. The number of carboxylic acid groups (broad SMARTS) is 1. The first-order valence-electron chi connectivity index (χ1n) is 2.79. The molecule has 1 aromatic heterocycles. The molecule has 0 saturated carbocycles. The molecule has 0 saturated heterocycles. The molecule has 0 amide bonds. The van der Waals surface area contributed by atoms with Crippen LogP contribution < -0.4 is 5.73 Å². The van der Waals surface area contributed by atoms with Crippen molar-refractivity contribution in [3.63, 3.8) is 0 Å². The maximum atomic E-state index is 10.6. The lowest BCUT2D eigenvalue weighted by molar-refractivity contribution is -0.192. The summed E-state index contributed by atoms with van der Waals surface area (Å²) < 4.78 is 36.2. The molecule has 0 fully saturated rings. The van der Waals surface area contributed by atoms with Crippen LogP contribution in [0.3, 0.4) is 0 Å². The Morgan fingerprint density at radius 3 is 2.15 bits per heavy atom. The summed E-state index contributed by atoms with van der Waals surface area (Å²) in [5, 5.41) is 7.12. The van der Waals surface area contributed by atoms with Crippen LogP contribution >= 0.6 is 0 Å². The summed E-state index contributed by atoms with van der Waals surface area (Å²) in [6.07, 6.45) is -2.16. The van der Waals surface area contributed by atoms with Gasteiger partial charge in [-0.25, -0.2) is 9.78 Å². The summed E-state index contributed by atoms with van der Waals surface area (Å²) >= 11 is 0. The van der Waals surface area contributed by atoms with E-state index in [4.69, 9.17) is 15.6 Å². The van der Waals surface area contributed by atoms with Gasteiger partial charge in [-0.15, -0.1) is 0 Å². The molecular formula is C5H5F3N2O3. The number of oxazole rings is 1. The van der Waals surface area contributed by atoms with E-state index in [1.54, 1.807) is 0 Å². The SMILES string of the molecule is Nc1ncco1.O=C(O)C(F)(F)F. The Balaban J connectivity index is 0.000000223. The summed E-state index contributed by atoms with van der Waals surface area (Å²) in [5.74, 6) is -2.76. The highest BCUT2D eigenvalue weighted by atomic mass is 19.4. The molecule has 1 rings (SSSR count). The van der Waals surface area contributed by atoms with Gasteiger partial charge in [0.2, 0.25) is 0 Å². The van der Waals surface area contributed by atoms with Gasteiger partial charge in [0, 0.05) is 0 Å². The molecule has 0 bridgehead atoms. The van der Waals surface area contributed by atoms with Crippen LogP contribution in [0.5, 0.6) is 0 Å². The molecule has 3 N–H and O–H groups in total. The number of nitrogens with two attached hydrogens (primary N) is 1. The fourth-order valence-corrected chi connectivity index (χ4v) is 0.234. The van der Waals surface area contributed by atoms with Crippen molar-refractivity contribution in [1.82, 2.24) is 4.98 Å². The number of hydrogen-bond acceptors (Lipinski definition) is 4. The average molecular weight is 198 g/mol. The third kappa shape index (κ3) is 5.53. The number of nitrogens with zero attached hydrogens (tertiary/aromatic N) is 1. The molecular weight excluding hydrogens is 193 g/mol. The molecule has 0 spiro atoms. The van der Waals surface area contributed by atoms with Gasteiger partial charge in [0.1, 0.15) is 6.26 Å². The largest absolute Gasteiger partial charge is 0.490 e. The van der Waals surface area contributed by atoms with Crippen LogP contribution in [0.4, 0.5) is 19.2 Å². The first-order chi connectivity index (χ1) is 5.84. The van der Waals surface area contributed by atoms with Crippen molar-refractivity contribution in [2.24, 2.45) is 0 Å². The number of rotatable bonds is 0. The Morgan fingerprint density at radius 1 is 1.62 bits per heavy atom. The highest BCUT2D eigenvalue weighted by Crippen LogP contribution is 2.13. The van der Waals surface area contributed by atoms with Gasteiger partial charge in [-0.05, 0) is 0 Å². The maximum Gasteiger partial charge on any atom is 0.490 e. The lowest BCUT2D eigenvalue weighted by Gasteiger charge is -1.93. The van der Waals surface area contributed by atoms with Gasteiger partial charge in [0.15, 0.2) is 0 Å². The third-order valence-corrected chi connectivity index (χ3v) is 0.694. The first kappa shape index (κ1) is 11.3. The molecule has 1 aromatic rings. The summed E-state index contributed by atoms with van der Waals surface area (Å²) in [6, 6.07) is 0.218. The third-order valence-electron chi connectivity index (χ3n) is 0.694. The Bertz CT molecular complexity index is 256. The van der Waals surface area contributed by atoms with E-state index in [-0.39, 0.29) is 6.01 Å². The van der Waals surface area contributed by atoms with Crippen molar-refractivity contribution >= 4 is 12.0 Å². The predicted octanol–water partition coefficient (Wildman–Crippen LogP) is 0.890. The summed E-state index contributed by atoms with van der Waals surface area (Å²) in [5.41, 5.74) is 5.00. The van der Waals surface area contributed by atoms with Gasteiger partial charge in [-0.3, -0.25) is 0 Å². The number of anilines is 1. The number of aliphatic carboxylic acids is 1. The van der Waals surface area contributed by atoms with Crippen molar-refractivity contribution in [2.45, 2.75) is 6.18 Å². The quantitative estimate of drug-likeness (QED) is 0.646. The number of alkyl halides is 3. The molecule has 74 valence electrons. The Morgan fingerprint density at radius 2 is 2.08 bits per heavy atom. The van der Waals surface area contributed by atoms with Crippen LogP contribution in [0.25, 0.3) is 0 Å². The Labute approximate surface area is 70.0 Å². The molecule has 0 aliphatic carbocycles. The number of aromatic nitrogens is 1. The lowest BCUT2D eigenvalue weighted by Crippen LogP contribution is -2.21. The smallest absolute Gasteiger partial charge is 0.475 e. The highest BCUT2D eigenvalue weighted by Gasteiger charge is 2.38. The fraction of sp³-hybridized carbons (Fsp3) is 0.200. The topological polar surface area (TPSA) is 89.4 Å². The standard InChI is InChI=1S/C3H4N2O.C2HF3O2/c4-3-5-1-2-6-3;3-2(4,5)1(6)7/h1-2H,(H2,4,5);(H,6,7). The minimum absolute atomic E-state index is 0.218. The maximum absolute atomic E-state index is 10.6. The lowest BCUT2D eigenvalue weighted by atomic mass is 10.7. The van der Waals surface area contributed by atoms with E-state index in [1.165, 1.54) is 12.5 Å². The van der Waals surface area contributed by atoms with Crippen molar-refractivity contribution in [2.75, 3.05) is 5.73 Å². The summed E-state index contributed by atoms with van der Waals surface area (Å²) in [6.45, 7) is 0. The van der Waals surface area contributed by atoms with E-state index < -0.39 is 12.1 Å². The normalized spacial score (nSPS) is 10.1. The van der Waals surface area contributed by atoms with Gasteiger partial charge in [-0.2, -0.15) is 13.2 Å². The zero-order valence-corrected chi connectivity index (χ0v) is 6.08. The summed E-state index contributed by atoms with van der Waals surface area (Å²) in [7, 11) is 0. The zero-order chi connectivity index (χ0) is 10.5. The molecule has 8 heteroatoms. The number of carboxylic acids is 1. The number of carbonyl (C=O) groups is 1. The minimum atomic E-state index is -5.08. The van der Waals surface area contributed by atoms with Crippen LogP contribution in [0.15, 0.2) is 16.9 Å². The van der Waals surface area contributed by atoms with Crippen LogP contribution in [-0.4, -0.2) is 22.2 Å². The van der Waals surface area contributed by atoms with Gasteiger partial charge in [0.05, 0.1) is 6.20 Å². The van der Waals surface area contributed by atoms with E-state index >= 15 is 0 Å². The van der Waals surface area contributed by atoms with Crippen molar-refractivity contribution in [3.8, 4) is 0 Å². The molecule has 0 atom stereocenters. The molecule has 0 aromatic carbocycles. The van der Waals surface area contributed by atoms with Gasteiger partial charge >= 0.3 is 12.1 Å². The van der Waals surface area contributed by atoms with Crippen molar-refractivity contribution < 1.29 is 27.5 Å². The monoisotopic (exact) mass is 198 g/mol. The fourth-order valence-electron chi connectivity index (χ4n) is 0.234. The molecule has 0 aliphatic rings. The second-order valence-electron chi connectivity index (χ2n) is 1.67. The Hall–Kier alpha value is -1.73. The van der Waals surface area contributed by atoms with Crippen LogP contribution in [-0.2, 0) is 4.79 Å². The second kappa shape index (κ2) is 4.33. The molecule has 0 aliphatic heterocycles. The molecule has 0 radical (unpaired) electrons. The van der Waals surface area contributed by atoms with E-state index in [0.717, 1.165) is 0 Å². The van der Waals surface area contributed by atoms with Crippen molar-refractivity contribution in [1.29, 1.82) is 0 Å². The van der Waals surface area contributed by atoms with Crippen LogP contribution in [0.1, 0.15) is 0 Å². The van der Waals surface area contributed by atoms with E-state index in [1.807, 2.05) is 0 Å². The van der Waals surface area contributed by atoms with E-state index in [9.17, 15) is 13.2 Å². The second-order valence-corrected chi connectivity index (χ2v) is 1.67. The minimum Gasteiger partial charge on any atom is -0.475 e. The van der Waals surface area contributed by atoms with Crippen LogP contribution in [0.2, 0.25) is 0 Å². The number of nitrogen functional groups attached to an aromatic ring is 1. The van der Waals surface area contributed by atoms with Crippen molar-refractivity contribution in [3.05, 3.63) is 12.5 Å². The van der Waals surface area contributed by atoms with Gasteiger partial charge in [-0.1, -0.05) is 0 Å². The number of hydrogen-bond donors (Lipinski definition) is 2. The molecule has 13 heavy (non-hydrogen) atoms. The van der Waals surface area contributed by atoms with Gasteiger partial charge < -0.3 is 15.3 Å². The number of halogens is 3. The van der Waals surface area contributed by atoms with Gasteiger partial charge in [0.25, 0.3) is 6.01 Å². The van der Waals surface area contributed by atoms with E-state index in [0.29, 0.717) is 0 Å². The molecule has 1 heterocycles. The average Bonchev–Trinajstić information content (AvgIpc) is 2.38. The summed E-state index contributed by atoms with van der Waals surface area (Å²) in [4.78, 5) is 12.4. The Kier molecular flexibility index (Phi) is 3.76. The predicted molar refractivity (Wildman–Crippen MR) is 34.6 cm³/mol. The van der Waals surface area contributed by atoms with Crippen LogP contribution in [0, 0.1) is 0 Å².